The molecular formula is C26H26N2O2S. The van der Waals surface area contributed by atoms with Gasteiger partial charge in [-0.15, -0.1) is 11.8 Å². The molecule has 1 unspecified atom stereocenters. The van der Waals surface area contributed by atoms with Crippen LogP contribution in [-0.2, 0) is 10.3 Å². The zero-order valence-corrected chi connectivity index (χ0v) is 18.4. The fourth-order valence-electron chi connectivity index (χ4n) is 4.96. The summed E-state index contributed by atoms with van der Waals surface area (Å²) in [7, 11) is 0. The first kappa shape index (κ1) is 20.3. The maximum Gasteiger partial charge on any atom is 0.241 e. The maximum absolute atomic E-state index is 12.9. The van der Waals surface area contributed by atoms with Crippen molar-refractivity contribution in [2.75, 3.05) is 0 Å². The van der Waals surface area contributed by atoms with Crippen molar-refractivity contribution < 1.29 is 9.90 Å². The van der Waals surface area contributed by atoms with Gasteiger partial charge >= 0.3 is 0 Å². The third kappa shape index (κ3) is 3.03. The van der Waals surface area contributed by atoms with Crippen LogP contribution in [0.5, 0.6) is 0 Å². The first-order valence-corrected chi connectivity index (χ1v) is 11.5. The number of aliphatic hydroxyl groups excluding tert-OH is 1. The van der Waals surface area contributed by atoms with Crippen molar-refractivity contribution in [3.63, 3.8) is 0 Å². The van der Waals surface area contributed by atoms with Crippen LogP contribution in [-0.4, -0.2) is 38.3 Å². The number of benzene rings is 3. The van der Waals surface area contributed by atoms with E-state index in [0.29, 0.717) is 0 Å². The van der Waals surface area contributed by atoms with Crippen molar-refractivity contribution in [2.45, 2.75) is 41.8 Å². The maximum atomic E-state index is 12.9. The predicted octanol–water partition coefficient (Wildman–Crippen LogP) is 3.95. The van der Waals surface area contributed by atoms with E-state index < -0.39 is 22.6 Å². The van der Waals surface area contributed by atoms with E-state index in [9.17, 15) is 9.90 Å². The summed E-state index contributed by atoms with van der Waals surface area (Å²) >= 11 is 1.63. The van der Waals surface area contributed by atoms with Gasteiger partial charge in [0.05, 0.1) is 4.75 Å². The smallest absolute Gasteiger partial charge is 0.241 e. The highest BCUT2D eigenvalue weighted by molar-refractivity contribution is 8.01. The lowest BCUT2D eigenvalue weighted by molar-refractivity contribution is -0.155. The summed E-state index contributed by atoms with van der Waals surface area (Å²) in [4.78, 5) is 14.9. The molecule has 3 aromatic carbocycles. The molecule has 2 aliphatic rings. The Balaban J connectivity index is 1.87. The highest BCUT2D eigenvalue weighted by Crippen LogP contribution is 2.53. The Labute approximate surface area is 187 Å². The summed E-state index contributed by atoms with van der Waals surface area (Å²) in [5.74, 6) is -0.0424. The molecule has 0 spiro atoms. The third-order valence-electron chi connectivity index (χ3n) is 6.42. The normalized spacial score (nSPS) is 25.3. The van der Waals surface area contributed by atoms with Gasteiger partial charge in [-0.3, -0.25) is 4.79 Å². The Morgan fingerprint density at radius 1 is 0.839 bits per heavy atom. The van der Waals surface area contributed by atoms with Crippen molar-refractivity contribution in [3.8, 4) is 0 Å². The minimum atomic E-state index is -0.842. The Bertz CT molecular complexity index is 976. The summed E-state index contributed by atoms with van der Waals surface area (Å²) in [6.45, 7) is 4.09. The summed E-state index contributed by atoms with van der Waals surface area (Å²) in [5.41, 5.74) is 2.23. The zero-order chi connectivity index (χ0) is 21.6. The van der Waals surface area contributed by atoms with Crippen molar-refractivity contribution >= 4 is 17.7 Å². The van der Waals surface area contributed by atoms with Gasteiger partial charge < -0.3 is 10.4 Å². The highest BCUT2D eigenvalue weighted by atomic mass is 32.2. The topological polar surface area (TPSA) is 52.6 Å². The third-order valence-corrected chi connectivity index (χ3v) is 7.87. The molecule has 31 heavy (non-hydrogen) atoms. The predicted molar refractivity (Wildman–Crippen MR) is 124 cm³/mol. The van der Waals surface area contributed by atoms with Crippen LogP contribution in [0.1, 0.15) is 30.5 Å². The molecule has 1 amide bonds. The van der Waals surface area contributed by atoms with Gasteiger partial charge in [-0.2, -0.15) is 0 Å². The van der Waals surface area contributed by atoms with Gasteiger partial charge in [-0.1, -0.05) is 91.0 Å². The average Bonchev–Trinajstić information content (AvgIpc) is 2.79. The van der Waals surface area contributed by atoms with Crippen LogP contribution in [0.2, 0.25) is 0 Å². The standard InChI is InChI=1S/C26H26N2O2S/c1-25(2)24(30)28(21-22(29)27-23(21)31-25)26(18-12-6-3-7-13-18,19-14-8-4-9-15-19)20-16-10-5-11-17-20/h3-17,21,23-24,30H,1-2H3,(H,27,29)/t21-,23-,24?/m0/s1. The Kier molecular flexibility index (Phi) is 4.93. The molecule has 158 valence electrons. The molecule has 2 fully saturated rings. The van der Waals surface area contributed by atoms with Crippen LogP contribution < -0.4 is 5.32 Å². The summed E-state index contributed by atoms with van der Waals surface area (Å²) < 4.78 is -0.474. The Hall–Kier alpha value is -2.60. The van der Waals surface area contributed by atoms with Gasteiger partial charge in [0.2, 0.25) is 5.91 Å². The lowest BCUT2D eigenvalue weighted by atomic mass is 9.73. The fraction of sp³-hybridized carbons (Fsp3) is 0.269. The SMILES string of the molecule is CC1(C)S[C@@H]2NC(=O)[C@@H]2N(C(c2ccccc2)(c2ccccc2)c2ccccc2)C1O. The number of hydrogen-bond donors (Lipinski definition) is 2. The van der Waals surface area contributed by atoms with E-state index in [1.165, 1.54) is 0 Å². The van der Waals surface area contributed by atoms with Gasteiger partial charge in [0, 0.05) is 0 Å². The summed E-state index contributed by atoms with van der Waals surface area (Å²) in [5, 5.41) is 14.8. The van der Waals surface area contributed by atoms with Crippen LogP contribution in [0.25, 0.3) is 0 Å². The molecule has 2 heterocycles. The largest absolute Gasteiger partial charge is 0.377 e. The minimum Gasteiger partial charge on any atom is -0.377 e. The van der Waals surface area contributed by atoms with Crippen LogP contribution in [0.4, 0.5) is 0 Å². The minimum absolute atomic E-state index is 0.0424. The van der Waals surface area contributed by atoms with Crippen molar-refractivity contribution in [1.29, 1.82) is 0 Å². The quantitative estimate of drug-likeness (QED) is 0.486. The number of β-lactam (4-membered cyclic amide) rings is 1. The lowest BCUT2D eigenvalue weighted by Crippen LogP contribution is -2.79. The lowest BCUT2D eigenvalue weighted by Gasteiger charge is -2.61. The van der Waals surface area contributed by atoms with Crippen molar-refractivity contribution in [3.05, 3.63) is 108 Å². The molecule has 0 saturated carbocycles. The van der Waals surface area contributed by atoms with E-state index in [1.807, 2.05) is 73.3 Å². The Morgan fingerprint density at radius 2 is 1.26 bits per heavy atom. The number of carbonyl (C=O) groups excluding carboxylic acids is 1. The average molecular weight is 431 g/mol. The van der Waals surface area contributed by atoms with Crippen LogP contribution >= 0.6 is 11.8 Å². The van der Waals surface area contributed by atoms with Gasteiger partial charge in [0.15, 0.2) is 0 Å². The van der Waals surface area contributed by atoms with Crippen LogP contribution in [0.15, 0.2) is 91.0 Å². The van der Waals surface area contributed by atoms with Crippen LogP contribution in [0, 0.1) is 0 Å². The number of thioether (sulfide) groups is 1. The van der Waals surface area contributed by atoms with E-state index in [1.54, 1.807) is 11.8 Å². The molecule has 0 aromatic heterocycles. The number of fused-ring (bicyclic) bond motifs is 1. The molecule has 0 radical (unpaired) electrons. The van der Waals surface area contributed by atoms with E-state index in [4.69, 9.17) is 0 Å². The number of nitrogens with one attached hydrogen (secondary N) is 1. The fourth-order valence-corrected chi connectivity index (χ4v) is 6.41. The monoisotopic (exact) mass is 430 g/mol. The molecule has 0 aliphatic carbocycles. The molecule has 5 heteroatoms. The summed E-state index contributed by atoms with van der Waals surface area (Å²) in [6, 6.07) is 30.2. The zero-order valence-electron chi connectivity index (χ0n) is 17.6. The van der Waals surface area contributed by atoms with E-state index >= 15 is 0 Å². The molecular weight excluding hydrogens is 404 g/mol. The first-order chi connectivity index (χ1) is 15.0. The second-order valence-corrected chi connectivity index (χ2v) is 10.5. The van der Waals surface area contributed by atoms with E-state index in [-0.39, 0.29) is 11.3 Å². The van der Waals surface area contributed by atoms with Gasteiger partial charge in [-0.05, 0) is 30.5 Å². The van der Waals surface area contributed by atoms with E-state index in [0.717, 1.165) is 16.7 Å². The Morgan fingerprint density at radius 3 is 1.65 bits per heavy atom. The number of amides is 1. The number of nitrogens with zero attached hydrogens (tertiary/aromatic N) is 1. The number of hydrogen-bond acceptors (Lipinski definition) is 4. The van der Waals surface area contributed by atoms with Gasteiger partial charge in [0.1, 0.15) is 23.2 Å². The van der Waals surface area contributed by atoms with Gasteiger partial charge in [-0.25, -0.2) is 4.90 Å². The molecule has 3 aromatic rings. The molecule has 3 atom stereocenters. The van der Waals surface area contributed by atoms with Crippen LogP contribution in [0.3, 0.4) is 0 Å². The second-order valence-electron chi connectivity index (χ2n) is 8.68. The molecule has 4 nitrogen and oxygen atoms in total. The first-order valence-electron chi connectivity index (χ1n) is 10.6. The van der Waals surface area contributed by atoms with Crippen molar-refractivity contribution in [2.24, 2.45) is 0 Å². The molecule has 5 rings (SSSR count). The number of rotatable bonds is 4. The van der Waals surface area contributed by atoms with Crippen molar-refractivity contribution in [1.82, 2.24) is 10.2 Å². The number of carbonyl (C=O) groups is 1. The highest BCUT2D eigenvalue weighted by Gasteiger charge is 2.62. The van der Waals surface area contributed by atoms with E-state index in [2.05, 4.69) is 41.7 Å². The molecule has 2 saturated heterocycles. The van der Waals surface area contributed by atoms with Gasteiger partial charge in [0.25, 0.3) is 0 Å². The second kappa shape index (κ2) is 7.52. The molecule has 2 aliphatic heterocycles. The molecule has 0 bridgehead atoms. The summed E-state index contributed by atoms with van der Waals surface area (Å²) in [6.07, 6.45) is -0.842. The molecule has 2 N–H and O–H groups in total. The number of aliphatic hydroxyl groups is 1.